The molecule has 0 spiro atoms. The molecule has 126 valence electrons. The van der Waals surface area contributed by atoms with Crippen molar-refractivity contribution < 1.29 is 9.48 Å². The Hall–Kier alpha value is -3.20. The van der Waals surface area contributed by atoms with Gasteiger partial charge >= 0.3 is 0 Å². The van der Waals surface area contributed by atoms with E-state index < -0.39 is 0 Å². The zero-order valence-corrected chi connectivity index (χ0v) is 14.5. The molecular weight excluding hydrogens is 320 g/mol. The standard InChI is InChI=1S/C23H18N2O/c1-15-21(16-9-3-2-4-10-16)25(24-23(15)26)22-19-13-7-5-11-17(19)18-12-6-8-14-20(18)22/h2-15,21H,1H3/p+1/t15-,21?/m1/s1. The van der Waals surface area contributed by atoms with E-state index in [1.54, 1.807) is 0 Å². The van der Waals surface area contributed by atoms with Crippen molar-refractivity contribution in [2.24, 2.45) is 5.92 Å². The molecule has 2 atom stereocenters. The summed E-state index contributed by atoms with van der Waals surface area (Å²) >= 11 is 0. The molecule has 0 bridgehead atoms. The number of nitrogens with one attached hydrogen (secondary N) is 1. The topological polar surface area (TPSA) is 32.1 Å². The Balaban J connectivity index is 1.81. The van der Waals surface area contributed by atoms with Gasteiger partial charge in [0, 0.05) is 5.56 Å². The van der Waals surface area contributed by atoms with Gasteiger partial charge in [-0.1, -0.05) is 71.4 Å². The van der Waals surface area contributed by atoms with Gasteiger partial charge in [-0.05, 0) is 30.2 Å². The maximum absolute atomic E-state index is 12.6. The van der Waals surface area contributed by atoms with E-state index in [1.807, 2.05) is 25.1 Å². The molecule has 1 fully saturated rings. The molecule has 1 saturated heterocycles. The van der Waals surface area contributed by atoms with E-state index in [0.29, 0.717) is 0 Å². The van der Waals surface area contributed by atoms with Crippen molar-refractivity contribution in [3.63, 3.8) is 0 Å². The Labute approximate surface area is 152 Å². The summed E-state index contributed by atoms with van der Waals surface area (Å²) in [7, 11) is 0. The molecule has 3 aromatic carbocycles. The fourth-order valence-corrected chi connectivity index (χ4v) is 4.19. The van der Waals surface area contributed by atoms with Crippen molar-refractivity contribution in [3.05, 3.63) is 95.6 Å². The number of hydrazine groups is 1. The lowest BCUT2D eigenvalue weighted by atomic mass is 9.95. The highest BCUT2D eigenvalue weighted by Crippen LogP contribution is 2.39. The zero-order chi connectivity index (χ0) is 17.7. The first kappa shape index (κ1) is 15.1. The van der Waals surface area contributed by atoms with Gasteiger partial charge in [-0.15, -0.1) is 5.43 Å². The van der Waals surface area contributed by atoms with Crippen molar-refractivity contribution in [2.45, 2.75) is 13.0 Å². The molecule has 2 aliphatic rings. The summed E-state index contributed by atoms with van der Waals surface area (Å²) in [6.45, 7) is 2.00. The van der Waals surface area contributed by atoms with Crippen LogP contribution in [0.25, 0.3) is 11.1 Å². The van der Waals surface area contributed by atoms with Gasteiger partial charge in [-0.2, -0.15) is 0 Å². The molecule has 0 aromatic heterocycles. The molecule has 1 heterocycles. The van der Waals surface area contributed by atoms with Crippen LogP contribution in [0.5, 0.6) is 0 Å². The predicted molar refractivity (Wildman–Crippen MR) is 102 cm³/mol. The fraction of sp³-hybridized carbons (Fsp3) is 0.130. The quantitative estimate of drug-likeness (QED) is 0.524. The fourth-order valence-electron chi connectivity index (χ4n) is 4.19. The van der Waals surface area contributed by atoms with Crippen molar-refractivity contribution in [2.75, 3.05) is 0 Å². The molecule has 1 unspecified atom stereocenters. The maximum atomic E-state index is 12.6. The number of hydrazone groups is 1. The lowest BCUT2D eigenvalue weighted by Crippen LogP contribution is -2.32. The summed E-state index contributed by atoms with van der Waals surface area (Å²) in [5.74, 6) is -0.0574. The van der Waals surface area contributed by atoms with E-state index in [0.717, 1.165) is 11.3 Å². The van der Waals surface area contributed by atoms with Crippen LogP contribution in [0, 0.1) is 5.92 Å². The van der Waals surface area contributed by atoms with E-state index in [4.69, 9.17) is 0 Å². The highest BCUT2D eigenvalue weighted by molar-refractivity contribution is 6.22. The third kappa shape index (κ3) is 2.07. The lowest BCUT2D eigenvalue weighted by Gasteiger charge is -2.11. The minimum Gasteiger partial charge on any atom is -0.269 e. The number of amides is 1. The first-order chi connectivity index (χ1) is 12.8. The average molecular weight is 339 g/mol. The summed E-state index contributed by atoms with van der Waals surface area (Å²) in [5, 5.41) is 0. The molecule has 3 nitrogen and oxygen atoms in total. The summed E-state index contributed by atoms with van der Waals surface area (Å²) in [5.41, 5.74) is 10.1. The van der Waals surface area contributed by atoms with Gasteiger partial charge in [0.2, 0.25) is 11.8 Å². The van der Waals surface area contributed by atoms with Crippen LogP contribution in [0.2, 0.25) is 0 Å². The van der Waals surface area contributed by atoms with Crippen LogP contribution in [0.1, 0.15) is 29.7 Å². The SMILES string of the molecule is C[C@H]1C(=O)N[N+](=C2c3ccccc3-c3ccccc32)C1c1ccccc1. The Kier molecular flexibility index (Phi) is 3.29. The summed E-state index contributed by atoms with van der Waals surface area (Å²) < 4.78 is 2.08. The zero-order valence-electron chi connectivity index (χ0n) is 14.5. The van der Waals surface area contributed by atoms with E-state index >= 15 is 0 Å². The van der Waals surface area contributed by atoms with Gasteiger partial charge in [0.25, 0.3) is 5.91 Å². The normalized spacial score (nSPS) is 20.7. The Morgan fingerprint density at radius 1 is 0.731 bits per heavy atom. The van der Waals surface area contributed by atoms with Crippen LogP contribution >= 0.6 is 0 Å². The smallest absolute Gasteiger partial charge is 0.269 e. The second kappa shape index (κ2) is 5.67. The van der Waals surface area contributed by atoms with Crippen molar-refractivity contribution >= 4 is 11.6 Å². The molecule has 0 radical (unpaired) electrons. The van der Waals surface area contributed by atoms with E-state index in [2.05, 4.69) is 70.8 Å². The van der Waals surface area contributed by atoms with Crippen LogP contribution < -0.4 is 5.43 Å². The number of carbonyl (C=O) groups is 1. The third-order valence-electron chi connectivity index (χ3n) is 5.43. The highest BCUT2D eigenvalue weighted by Gasteiger charge is 2.47. The molecule has 5 rings (SSSR count). The monoisotopic (exact) mass is 339 g/mol. The molecule has 1 N–H and O–H groups in total. The van der Waals surface area contributed by atoms with Crippen LogP contribution in [0.15, 0.2) is 78.9 Å². The summed E-state index contributed by atoms with van der Waals surface area (Å²) in [4.78, 5) is 12.6. The summed E-state index contributed by atoms with van der Waals surface area (Å²) in [6, 6.07) is 27.1. The number of rotatable bonds is 1. The maximum Gasteiger partial charge on any atom is 0.284 e. The van der Waals surface area contributed by atoms with Crippen molar-refractivity contribution in [1.82, 2.24) is 5.43 Å². The Morgan fingerprint density at radius 2 is 1.23 bits per heavy atom. The number of hydrogen-bond donors (Lipinski definition) is 1. The molecule has 1 aliphatic heterocycles. The van der Waals surface area contributed by atoms with Crippen LogP contribution in [-0.2, 0) is 4.79 Å². The van der Waals surface area contributed by atoms with E-state index in [9.17, 15) is 4.79 Å². The first-order valence-electron chi connectivity index (χ1n) is 8.96. The first-order valence-corrected chi connectivity index (χ1v) is 8.96. The number of benzene rings is 3. The highest BCUT2D eigenvalue weighted by atomic mass is 16.2. The van der Waals surface area contributed by atoms with Gasteiger partial charge in [0.05, 0.1) is 11.1 Å². The number of nitrogens with zero attached hydrogens (tertiary/aromatic N) is 1. The van der Waals surface area contributed by atoms with Crippen LogP contribution in [0.3, 0.4) is 0 Å². The second-order valence-corrected chi connectivity index (χ2v) is 6.93. The van der Waals surface area contributed by atoms with Crippen LogP contribution in [-0.4, -0.2) is 16.3 Å². The second-order valence-electron chi connectivity index (χ2n) is 6.93. The average Bonchev–Trinajstić information content (AvgIpc) is 3.17. The minimum absolute atomic E-state index is 0.0297. The molecular formula is C23H19N2O+. The largest absolute Gasteiger partial charge is 0.284 e. The molecule has 3 aromatic rings. The van der Waals surface area contributed by atoms with E-state index in [1.165, 1.54) is 22.3 Å². The number of hydrogen-bond acceptors (Lipinski definition) is 1. The Morgan fingerprint density at radius 3 is 1.81 bits per heavy atom. The van der Waals surface area contributed by atoms with Crippen molar-refractivity contribution in [3.8, 4) is 11.1 Å². The minimum atomic E-state index is -0.121. The van der Waals surface area contributed by atoms with E-state index in [-0.39, 0.29) is 17.9 Å². The molecule has 0 saturated carbocycles. The number of fused-ring (bicyclic) bond motifs is 3. The van der Waals surface area contributed by atoms with Gasteiger partial charge < -0.3 is 0 Å². The lowest BCUT2D eigenvalue weighted by molar-refractivity contribution is -0.602. The molecule has 26 heavy (non-hydrogen) atoms. The van der Waals surface area contributed by atoms with Gasteiger partial charge in [-0.25, -0.2) is 0 Å². The van der Waals surface area contributed by atoms with Gasteiger partial charge in [-0.3, -0.25) is 4.79 Å². The third-order valence-corrected chi connectivity index (χ3v) is 5.43. The van der Waals surface area contributed by atoms with Gasteiger partial charge in [0.15, 0.2) is 0 Å². The number of carbonyl (C=O) groups excluding carboxylic acids is 1. The molecule has 1 amide bonds. The predicted octanol–water partition coefficient (Wildman–Crippen LogP) is 3.94. The molecule has 3 heteroatoms. The van der Waals surface area contributed by atoms with Crippen LogP contribution in [0.4, 0.5) is 0 Å². The Bertz CT molecular complexity index is 1010. The van der Waals surface area contributed by atoms with Gasteiger partial charge in [0.1, 0.15) is 5.92 Å². The summed E-state index contributed by atoms with van der Waals surface area (Å²) in [6.07, 6.45) is 0. The molecule has 1 aliphatic carbocycles. The van der Waals surface area contributed by atoms with Crippen molar-refractivity contribution in [1.29, 1.82) is 0 Å².